The molecule has 1 aliphatic rings. The summed E-state index contributed by atoms with van der Waals surface area (Å²) in [6, 6.07) is 11.0. The van der Waals surface area contributed by atoms with Crippen molar-refractivity contribution in [2.75, 3.05) is 7.05 Å². The standard InChI is InChI=1S/C25H40N2O2/c1-26-23(15-8-14-21-10-4-2-5-11-21)17-18-24(27-25(29)16-9-19-28)20-22-12-6-3-7-13-22/h3,6-7,12-13,19,21,23-24,26H,2,4-5,8-11,14-18,20H2,1H3,(H,27,29). The highest BCUT2D eigenvalue weighted by atomic mass is 16.1. The summed E-state index contributed by atoms with van der Waals surface area (Å²) in [6.07, 6.45) is 15.3. The molecule has 0 aliphatic heterocycles. The summed E-state index contributed by atoms with van der Waals surface area (Å²) in [6.45, 7) is 0. The lowest BCUT2D eigenvalue weighted by atomic mass is 9.85. The summed E-state index contributed by atoms with van der Waals surface area (Å²) in [5.74, 6) is 0.931. The van der Waals surface area contributed by atoms with Crippen molar-refractivity contribution in [2.24, 2.45) is 5.92 Å². The molecule has 4 heteroatoms. The summed E-state index contributed by atoms with van der Waals surface area (Å²) in [7, 11) is 2.06. The summed E-state index contributed by atoms with van der Waals surface area (Å²) in [4.78, 5) is 22.7. The van der Waals surface area contributed by atoms with Gasteiger partial charge in [0.15, 0.2) is 0 Å². The molecule has 1 aromatic carbocycles. The number of benzene rings is 1. The second-order valence-electron chi connectivity index (χ2n) is 8.66. The van der Waals surface area contributed by atoms with Gasteiger partial charge in [0.1, 0.15) is 6.29 Å². The maximum absolute atomic E-state index is 12.2. The molecule has 1 saturated carbocycles. The van der Waals surface area contributed by atoms with E-state index < -0.39 is 0 Å². The number of carbonyl (C=O) groups is 2. The quantitative estimate of drug-likeness (QED) is 0.441. The molecule has 4 nitrogen and oxygen atoms in total. The fourth-order valence-corrected chi connectivity index (χ4v) is 4.58. The lowest BCUT2D eigenvalue weighted by Gasteiger charge is -2.24. The van der Waals surface area contributed by atoms with Crippen LogP contribution in [-0.4, -0.2) is 31.3 Å². The van der Waals surface area contributed by atoms with E-state index in [1.807, 2.05) is 18.2 Å². The first kappa shape index (κ1) is 23.6. The maximum Gasteiger partial charge on any atom is 0.220 e. The van der Waals surface area contributed by atoms with E-state index in [0.717, 1.165) is 31.5 Å². The number of nitrogens with one attached hydrogen (secondary N) is 2. The number of hydrogen-bond acceptors (Lipinski definition) is 3. The van der Waals surface area contributed by atoms with E-state index in [2.05, 4.69) is 29.8 Å². The van der Waals surface area contributed by atoms with E-state index in [1.54, 1.807) is 0 Å². The molecule has 162 valence electrons. The molecule has 1 aromatic rings. The first-order valence-electron chi connectivity index (χ1n) is 11.7. The van der Waals surface area contributed by atoms with Crippen LogP contribution >= 0.6 is 0 Å². The first-order chi connectivity index (χ1) is 14.2. The van der Waals surface area contributed by atoms with E-state index >= 15 is 0 Å². The van der Waals surface area contributed by atoms with Gasteiger partial charge < -0.3 is 15.4 Å². The Morgan fingerprint density at radius 3 is 2.48 bits per heavy atom. The minimum atomic E-state index is -0.0173. The van der Waals surface area contributed by atoms with Crippen molar-refractivity contribution in [3.05, 3.63) is 35.9 Å². The summed E-state index contributed by atoms with van der Waals surface area (Å²) in [5, 5.41) is 6.65. The van der Waals surface area contributed by atoms with Crippen LogP contribution in [-0.2, 0) is 16.0 Å². The molecule has 29 heavy (non-hydrogen) atoms. The van der Waals surface area contributed by atoms with Crippen LogP contribution in [0, 0.1) is 5.92 Å². The van der Waals surface area contributed by atoms with Gasteiger partial charge in [0.25, 0.3) is 0 Å². The maximum atomic E-state index is 12.2. The van der Waals surface area contributed by atoms with Gasteiger partial charge in [-0.05, 0) is 44.2 Å². The minimum absolute atomic E-state index is 0.0173. The molecule has 0 saturated heterocycles. The third-order valence-corrected chi connectivity index (χ3v) is 6.34. The molecular weight excluding hydrogens is 360 g/mol. The van der Waals surface area contributed by atoms with Crippen molar-refractivity contribution >= 4 is 12.2 Å². The molecule has 0 spiro atoms. The zero-order valence-electron chi connectivity index (χ0n) is 18.2. The number of rotatable bonds is 14. The van der Waals surface area contributed by atoms with E-state index in [9.17, 15) is 9.59 Å². The normalized spacial score (nSPS) is 16.9. The van der Waals surface area contributed by atoms with Crippen LogP contribution in [0.3, 0.4) is 0 Å². The van der Waals surface area contributed by atoms with E-state index in [0.29, 0.717) is 12.5 Å². The topological polar surface area (TPSA) is 58.2 Å². The van der Waals surface area contributed by atoms with Crippen molar-refractivity contribution < 1.29 is 9.59 Å². The third kappa shape index (κ3) is 10.1. The van der Waals surface area contributed by atoms with Gasteiger partial charge in [0.2, 0.25) is 5.91 Å². The van der Waals surface area contributed by atoms with Gasteiger partial charge in [-0.15, -0.1) is 0 Å². The van der Waals surface area contributed by atoms with Crippen LogP contribution in [0.4, 0.5) is 0 Å². The van der Waals surface area contributed by atoms with Crippen molar-refractivity contribution in [3.63, 3.8) is 0 Å². The Bertz CT molecular complexity index is 569. The fraction of sp³-hybridized carbons (Fsp3) is 0.680. The molecule has 2 rings (SSSR count). The molecular formula is C25H40N2O2. The first-order valence-corrected chi connectivity index (χ1v) is 11.7. The van der Waals surface area contributed by atoms with E-state index in [-0.39, 0.29) is 18.4 Å². The van der Waals surface area contributed by atoms with Crippen molar-refractivity contribution in [2.45, 2.75) is 95.6 Å². The van der Waals surface area contributed by atoms with E-state index in [4.69, 9.17) is 0 Å². The lowest BCUT2D eigenvalue weighted by molar-refractivity contribution is -0.123. The van der Waals surface area contributed by atoms with Gasteiger partial charge in [-0.1, -0.05) is 75.3 Å². The molecule has 1 fully saturated rings. The van der Waals surface area contributed by atoms with E-state index in [1.165, 1.54) is 56.9 Å². The Kier molecular flexibility index (Phi) is 11.7. The van der Waals surface area contributed by atoms with Gasteiger partial charge in [-0.3, -0.25) is 4.79 Å². The van der Waals surface area contributed by atoms with Crippen molar-refractivity contribution in [1.82, 2.24) is 10.6 Å². The number of amides is 1. The summed E-state index contributed by atoms with van der Waals surface area (Å²) >= 11 is 0. The highest BCUT2D eigenvalue weighted by Gasteiger charge is 2.17. The largest absolute Gasteiger partial charge is 0.353 e. The molecule has 2 atom stereocenters. The van der Waals surface area contributed by atoms with Crippen LogP contribution in [0.25, 0.3) is 0 Å². The monoisotopic (exact) mass is 400 g/mol. The number of carbonyl (C=O) groups excluding carboxylic acids is 2. The SMILES string of the molecule is CNC(CCCC1CCCCC1)CCC(Cc1ccccc1)NC(=O)CCC=O. The highest BCUT2D eigenvalue weighted by Crippen LogP contribution is 2.28. The zero-order valence-corrected chi connectivity index (χ0v) is 18.2. The van der Waals surface area contributed by atoms with Gasteiger partial charge in [-0.2, -0.15) is 0 Å². The smallest absolute Gasteiger partial charge is 0.220 e. The summed E-state index contributed by atoms with van der Waals surface area (Å²) < 4.78 is 0. The zero-order chi connectivity index (χ0) is 20.7. The molecule has 2 N–H and O–H groups in total. The Morgan fingerprint density at radius 1 is 1.07 bits per heavy atom. The number of hydrogen-bond donors (Lipinski definition) is 2. The van der Waals surface area contributed by atoms with Crippen molar-refractivity contribution in [1.29, 1.82) is 0 Å². The van der Waals surface area contributed by atoms with Crippen LogP contribution in [0.5, 0.6) is 0 Å². The second-order valence-corrected chi connectivity index (χ2v) is 8.66. The van der Waals surface area contributed by atoms with Crippen LogP contribution < -0.4 is 10.6 Å². The molecule has 0 radical (unpaired) electrons. The van der Waals surface area contributed by atoms with Crippen LogP contribution in [0.15, 0.2) is 30.3 Å². The Morgan fingerprint density at radius 2 is 1.79 bits per heavy atom. The van der Waals surface area contributed by atoms with Crippen molar-refractivity contribution in [3.8, 4) is 0 Å². The lowest BCUT2D eigenvalue weighted by Crippen LogP contribution is -2.38. The fourth-order valence-electron chi connectivity index (χ4n) is 4.58. The average molecular weight is 401 g/mol. The highest BCUT2D eigenvalue weighted by molar-refractivity contribution is 5.78. The molecule has 2 unspecified atom stereocenters. The third-order valence-electron chi connectivity index (χ3n) is 6.34. The Labute approximate surface area is 177 Å². The summed E-state index contributed by atoms with van der Waals surface area (Å²) in [5.41, 5.74) is 1.24. The van der Waals surface area contributed by atoms with Crippen LogP contribution in [0.1, 0.15) is 82.6 Å². The molecule has 0 bridgehead atoms. The minimum Gasteiger partial charge on any atom is -0.353 e. The molecule has 0 heterocycles. The van der Waals surface area contributed by atoms with Crippen LogP contribution in [0.2, 0.25) is 0 Å². The average Bonchev–Trinajstić information content (AvgIpc) is 2.76. The predicted octanol–water partition coefficient (Wildman–Crippen LogP) is 4.81. The molecule has 0 aromatic heterocycles. The Balaban J connectivity index is 1.79. The van der Waals surface area contributed by atoms with Gasteiger partial charge >= 0.3 is 0 Å². The van der Waals surface area contributed by atoms with Gasteiger partial charge in [0.05, 0.1) is 0 Å². The molecule has 1 aliphatic carbocycles. The Hall–Kier alpha value is -1.68. The molecule has 1 amide bonds. The predicted molar refractivity (Wildman–Crippen MR) is 120 cm³/mol. The van der Waals surface area contributed by atoms with Gasteiger partial charge in [0, 0.05) is 24.9 Å². The van der Waals surface area contributed by atoms with Gasteiger partial charge in [-0.25, -0.2) is 0 Å². The second kappa shape index (κ2) is 14.3. The number of aldehydes is 1.